The van der Waals surface area contributed by atoms with E-state index < -0.39 is 6.17 Å². The fourth-order valence-corrected chi connectivity index (χ4v) is 8.86. The molecule has 0 heterocycles. The minimum absolute atomic E-state index is 0.194. The molecule has 1 heteroatoms. The summed E-state index contributed by atoms with van der Waals surface area (Å²) in [5, 5.41) is 0. The van der Waals surface area contributed by atoms with Crippen LogP contribution in [0.3, 0.4) is 0 Å². The van der Waals surface area contributed by atoms with Gasteiger partial charge in [-0.15, -0.1) is 0 Å². The molecule has 0 aromatic heterocycles. The second-order valence-corrected chi connectivity index (χ2v) is 9.24. The average molecular weight is 260 g/mol. The summed E-state index contributed by atoms with van der Waals surface area (Å²) in [5.74, 6) is 6.88. The summed E-state index contributed by atoms with van der Waals surface area (Å²) in [6.45, 7) is 0. The zero-order valence-corrected chi connectivity index (χ0v) is 11.7. The van der Waals surface area contributed by atoms with Gasteiger partial charge in [0, 0.05) is 5.41 Å². The summed E-state index contributed by atoms with van der Waals surface area (Å²) in [5.41, 5.74) is 0.194. The largest absolute Gasteiger partial charge is 0.247 e. The lowest BCUT2D eigenvalue weighted by atomic mass is 9.31. The van der Waals surface area contributed by atoms with E-state index in [2.05, 4.69) is 0 Å². The maximum absolute atomic E-state index is 15.4. The first kappa shape index (κ1) is 10.6. The Kier molecular flexibility index (Phi) is 1.72. The monoisotopic (exact) mass is 260 g/mol. The molecule has 1 spiro atoms. The first-order valence-electron chi connectivity index (χ1n) is 8.90. The first-order valence-corrected chi connectivity index (χ1v) is 8.90. The van der Waals surface area contributed by atoms with Gasteiger partial charge in [-0.25, -0.2) is 4.39 Å². The van der Waals surface area contributed by atoms with Crippen LogP contribution in [0.15, 0.2) is 0 Å². The van der Waals surface area contributed by atoms with Gasteiger partial charge in [-0.1, -0.05) is 6.42 Å². The Labute approximate surface area is 115 Å². The Morgan fingerprint density at radius 2 is 1.53 bits per heavy atom. The van der Waals surface area contributed by atoms with E-state index in [4.69, 9.17) is 0 Å². The van der Waals surface area contributed by atoms with Crippen LogP contribution < -0.4 is 0 Å². The normalized spacial score (nSPS) is 71.5. The molecule has 0 nitrogen and oxygen atoms in total. The highest BCUT2D eigenvalue weighted by atomic mass is 19.1. The van der Waals surface area contributed by atoms with E-state index >= 15 is 4.39 Å². The van der Waals surface area contributed by atoms with Crippen molar-refractivity contribution in [2.24, 2.45) is 52.8 Å². The highest BCUT2D eigenvalue weighted by molar-refractivity contribution is 5.20. The van der Waals surface area contributed by atoms with Crippen molar-refractivity contribution in [2.45, 2.75) is 57.5 Å². The molecule has 0 saturated heterocycles. The predicted octanol–water partition coefficient (Wildman–Crippen LogP) is 4.44. The smallest absolute Gasteiger partial charge is 0.109 e. The molecule has 7 aliphatic carbocycles. The SMILES string of the molecule is FC1C2CC3CC4C2CC2CCC5CC2C4C1(C5)C3. The van der Waals surface area contributed by atoms with Gasteiger partial charge in [0.25, 0.3) is 0 Å². The summed E-state index contributed by atoms with van der Waals surface area (Å²) in [6.07, 6.45) is 10.8. The lowest BCUT2D eigenvalue weighted by molar-refractivity contribution is -0.273. The first-order chi connectivity index (χ1) is 9.26. The molecule has 0 aromatic rings. The third-order valence-electron chi connectivity index (χ3n) is 8.89. The van der Waals surface area contributed by atoms with Gasteiger partial charge in [-0.3, -0.25) is 0 Å². The van der Waals surface area contributed by atoms with Crippen molar-refractivity contribution >= 4 is 0 Å². The topological polar surface area (TPSA) is 0 Å². The lowest BCUT2D eigenvalue weighted by Crippen LogP contribution is -2.70. The molecule has 7 rings (SSSR count). The predicted molar refractivity (Wildman–Crippen MR) is 72.2 cm³/mol. The van der Waals surface area contributed by atoms with Crippen LogP contribution in [0.25, 0.3) is 0 Å². The van der Waals surface area contributed by atoms with Gasteiger partial charge >= 0.3 is 0 Å². The number of fused-ring (bicyclic) bond motifs is 1. The van der Waals surface area contributed by atoms with E-state index in [0.717, 1.165) is 41.4 Å². The van der Waals surface area contributed by atoms with Crippen LogP contribution in [0.1, 0.15) is 51.4 Å². The number of rotatable bonds is 0. The molecule has 19 heavy (non-hydrogen) atoms. The van der Waals surface area contributed by atoms with Gasteiger partial charge in [0.1, 0.15) is 6.17 Å². The van der Waals surface area contributed by atoms with Crippen molar-refractivity contribution in [3.8, 4) is 0 Å². The van der Waals surface area contributed by atoms with Crippen molar-refractivity contribution < 1.29 is 4.39 Å². The highest BCUT2D eigenvalue weighted by Crippen LogP contribution is 2.76. The molecule has 7 aliphatic rings. The maximum Gasteiger partial charge on any atom is 0.109 e. The van der Waals surface area contributed by atoms with Gasteiger partial charge in [-0.05, 0) is 92.3 Å². The van der Waals surface area contributed by atoms with Crippen LogP contribution in [-0.4, -0.2) is 6.17 Å². The number of halogens is 1. The molecule has 0 aliphatic heterocycles. The van der Waals surface area contributed by atoms with Gasteiger partial charge in [0.05, 0.1) is 0 Å². The zero-order chi connectivity index (χ0) is 12.4. The van der Waals surface area contributed by atoms with Crippen molar-refractivity contribution in [1.82, 2.24) is 0 Å². The van der Waals surface area contributed by atoms with Gasteiger partial charge in [0.2, 0.25) is 0 Å². The highest BCUT2D eigenvalue weighted by Gasteiger charge is 2.71. The summed E-state index contributed by atoms with van der Waals surface area (Å²) in [4.78, 5) is 0. The number of hydrogen-bond acceptors (Lipinski definition) is 0. The summed E-state index contributed by atoms with van der Waals surface area (Å²) in [7, 11) is 0. The molecular weight excluding hydrogens is 235 g/mol. The molecule has 0 N–H and O–H groups in total. The summed E-state index contributed by atoms with van der Waals surface area (Å²) in [6, 6.07) is 0. The van der Waals surface area contributed by atoms with E-state index in [1.54, 1.807) is 0 Å². The van der Waals surface area contributed by atoms with Crippen LogP contribution in [0.2, 0.25) is 0 Å². The van der Waals surface area contributed by atoms with Crippen molar-refractivity contribution in [3.63, 3.8) is 0 Å². The summed E-state index contributed by atoms with van der Waals surface area (Å²) < 4.78 is 15.4. The zero-order valence-electron chi connectivity index (χ0n) is 11.7. The molecule has 0 radical (unpaired) electrons. The molecule has 7 fully saturated rings. The molecule has 0 aromatic carbocycles. The van der Waals surface area contributed by atoms with E-state index in [0.29, 0.717) is 5.92 Å². The Morgan fingerprint density at radius 1 is 0.737 bits per heavy atom. The fraction of sp³-hybridized carbons (Fsp3) is 1.00. The van der Waals surface area contributed by atoms with Crippen molar-refractivity contribution in [2.75, 3.05) is 0 Å². The molecule has 8 bridgehead atoms. The minimum Gasteiger partial charge on any atom is -0.247 e. The van der Waals surface area contributed by atoms with Gasteiger partial charge in [-0.2, -0.15) is 0 Å². The molecule has 0 amide bonds. The van der Waals surface area contributed by atoms with Crippen LogP contribution in [-0.2, 0) is 0 Å². The fourth-order valence-electron chi connectivity index (χ4n) is 8.86. The van der Waals surface area contributed by atoms with Gasteiger partial charge < -0.3 is 0 Å². The molecule has 7 saturated carbocycles. The second-order valence-electron chi connectivity index (χ2n) is 9.24. The number of hydrogen-bond donors (Lipinski definition) is 0. The van der Waals surface area contributed by atoms with E-state index in [-0.39, 0.29) is 5.41 Å². The molecule has 10 unspecified atom stereocenters. The Hall–Kier alpha value is -0.0700. The van der Waals surface area contributed by atoms with Crippen LogP contribution >= 0.6 is 0 Å². The third kappa shape index (κ3) is 1.02. The Balaban J connectivity index is 1.58. The Bertz CT molecular complexity index is 439. The van der Waals surface area contributed by atoms with E-state index in [1.807, 2.05) is 0 Å². The molecule has 104 valence electrons. The second kappa shape index (κ2) is 3.07. The van der Waals surface area contributed by atoms with Gasteiger partial charge in [0.15, 0.2) is 0 Å². The minimum atomic E-state index is -0.403. The van der Waals surface area contributed by atoms with Crippen LogP contribution in [0.5, 0.6) is 0 Å². The Morgan fingerprint density at radius 3 is 2.47 bits per heavy atom. The maximum atomic E-state index is 15.4. The van der Waals surface area contributed by atoms with Crippen LogP contribution in [0, 0.1) is 52.8 Å². The molecular formula is C18H25F. The van der Waals surface area contributed by atoms with Crippen LogP contribution in [0.4, 0.5) is 4.39 Å². The lowest BCUT2D eigenvalue weighted by Gasteiger charge is -2.74. The quantitative estimate of drug-likeness (QED) is 0.604. The van der Waals surface area contributed by atoms with E-state index in [9.17, 15) is 0 Å². The summed E-state index contributed by atoms with van der Waals surface area (Å²) >= 11 is 0. The average Bonchev–Trinajstić information content (AvgIpc) is 2.42. The van der Waals surface area contributed by atoms with Crippen molar-refractivity contribution in [1.29, 1.82) is 0 Å². The van der Waals surface area contributed by atoms with E-state index in [1.165, 1.54) is 51.4 Å². The molecule has 10 atom stereocenters. The number of alkyl halides is 1. The van der Waals surface area contributed by atoms with Crippen molar-refractivity contribution in [3.05, 3.63) is 0 Å². The third-order valence-corrected chi connectivity index (χ3v) is 8.89. The standard InChI is InChI=1S/C18H25F/c19-17-15-5-10-4-14-13(15)6-11-2-1-9-3-12(11)16(14)18(17,7-9)8-10/h9-17H,1-8H2.